The fourth-order valence-electron chi connectivity index (χ4n) is 1.97. The predicted molar refractivity (Wildman–Crippen MR) is 76.9 cm³/mol. The van der Waals surface area contributed by atoms with Crippen molar-refractivity contribution >= 4 is 34.3 Å². The standard InChI is InChI=1S/C13H17N3O4S/c1-3-20-11(18)5-4-8-7-21-13(14-8)15-9-6-10(17)16(2)12(9)19/h7,9H,3-6H2,1-2H3,(H,14,15). The first-order valence-corrected chi connectivity index (χ1v) is 7.56. The largest absolute Gasteiger partial charge is 0.466 e. The molecule has 2 heterocycles. The monoisotopic (exact) mass is 311 g/mol. The summed E-state index contributed by atoms with van der Waals surface area (Å²) in [5, 5.41) is 5.37. The molecule has 8 heteroatoms. The van der Waals surface area contributed by atoms with Crippen LogP contribution in [0.2, 0.25) is 0 Å². The normalized spacial score (nSPS) is 18.2. The topological polar surface area (TPSA) is 88.6 Å². The molecule has 0 aromatic carbocycles. The van der Waals surface area contributed by atoms with Crippen molar-refractivity contribution in [2.45, 2.75) is 32.2 Å². The third kappa shape index (κ3) is 3.78. The van der Waals surface area contributed by atoms with Crippen LogP contribution in [0.4, 0.5) is 5.13 Å². The lowest BCUT2D eigenvalue weighted by atomic mass is 10.2. The summed E-state index contributed by atoms with van der Waals surface area (Å²) < 4.78 is 4.85. The highest BCUT2D eigenvalue weighted by Gasteiger charge is 2.36. The molecule has 1 aliphatic heterocycles. The second-order valence-electron chi connectivity index (χ2n) is 4.64. The molecule has 21 heavy (non-hydrogen) atoms. The number of anilines is 1. The minimum absolute atomic E-state index is 0.146. The molecule has 0 aliphatic carbocycles. The van der Waals surface area contributed by atoms with Crippen molar-refractivity contribution in [2.75, 3.05) is 19.0 Å². The van der Waals surface area contributed by atoms with Gasteiger partial charge in [0.2, 0.25) is 5.91 Å². The van der Waals surface area contributed by atoms with E-state index in [0.29, 0.717) is 18.2 Å². The molecule has 7 nitrogen and oxygen atoms in total. The van der Waals surface area contributed by atoms with Gasteiger partial charge in [0.05, 0.1) is 25.1 Å². The molecule has 0 bridgehead atoms. The number of likely N-dealkylation sites (tertiary alicyclic amines) is 1. The van der Waals surface area contributed by atoms with Crippen molar-refractivity contribution in [1.82, 2.24) is 9.88 Å². The molecule has 114 valence electrons. The zero-order chi connectivity index (χ0) is 15.4. The van der Waals surface area contributed by atoms with Gasteiger partial charge in [-0.05, 0) is 6.92 Å². The molecule has 1 unspecified atom stereocenters. The van der Waals surface area contributed by atoms with E-state index in [-0.39, 0.29) is 30.6 Å². The van der Waals surface area contributed by atoms with Crippen LogP contribution in [0.15, 0.2) is 5.38 Å². The number of hydrogen-bond acceptors (Lipinski definition) is 7. The van der Waals surface area contributed by atoms with Crippen molar-refractivity contribution < 1.29 is 19.1 Å². The summed E-state index contributed by atoms with van der Waals surface area (Å²) in [6, 6.07) is -0.549. The van der Waals surface area contributed by atoms with Gasteiger partial charge >= 0.3 is 5.97 Å². The van der Waals surface area contributed by atoms with Gasteiger partial charge in [0.15, 0.2) is 5.13 Å². The Bertz CT molecular complexity index is 557. The molecule has 0 saturated carbocycles. The fourth-order valence-corrected chi connectivity index (χ4v) is 2.77. The lowest BCUT2D eigenvalue weighted by Gasteiger charge is -2.09. The maximum Gasteiger partial charge on any atom is 0.306 e. The summed E-state index contributed by atoms with van der Waals surface area (Å²) in [7, 11) is 1.47. The minimum atomic E-state index is -0.549. The van der Waals surface area contributed by atoms with Gasteiger partial charge in [-0.25, -0.2) is 4.98 Å². The number of thiazole rings is 1. The highest BCUT2D eigenvalue weighted by Crippen LogP contribution is 2.21. The van der Waals surface area contributed by atoms with E-state index in [9.17, 15) is 14.4 Å². The van der Waals surface area contributed by atoms with E-state index in [4.69, 9.17) is 4.74 Å². The van der Waals surface area contributed by atoms with Crippen LogP contribution in [-0.4, -0.2) is 47.4 Å². The van der Waals surface area contributed by atoms with Gasteiger partial charge in [0.1, 0.15) is 6.04 Å². The number of carbonyl (C=O) groups excluding carboxylic acids is 3. The van der Waals surface area contributed by atoms with E-state index < -0.39 is 6.04 Å². The second kappa shape index (κ2) is 6.66. The summed E-state index contributed by atoms with van der Waals surface area (Å²) in [5.74, 6) is -0.696. The molecule has 0 radical (unpaired) electrons. The second-order valence-corrected chi connectivity index (χ2v) is 5.50. The molecule has 2 amide bonds. The van der Waals surface area contributed by atoms with E-state index in [1.54, 1.807) is 6.92 Å². The van der Waals surface area contributed by atoms with Crippen molar-refractivity contribution in [3.8, 4) is 0 Å². The summed E-state index contributed by atoms with van der Waals surface area (Å²) in [4.78, 5) is 39.9. The molecule has 1 aromatic heterocycles. The maximum absolute atomic E-state index is 11.8. The molecule has 1 saturated heterocycles. The molecule has 1 aliphatic rings. The Balaban J connectivity index is 1.87. The van der Waals surface area contributed by atoms with Crippen molar-refractivity contribution in [3.63, 3.8) is 0 Å². The molecule has 1 atom stereocenters. The predicted octanol–water partition coefficient (Wildman–Crippen LogP) is 0.808. The third-order valence-corrected chi connectivity index (χ3v) is 3.94. The van der Waals surface area contributed by atoms with E-state index in [1.807, 2.05) is 5.38 Å². The average Bonchev–Trinajstić information content (AvgIpc) is 2.99. The number of hydrogen-bond donors (Lipinski definition) is 1. The Morgan fingerprint density at radius 3 is 2.95 bits per heavy atom. The van der Waals surface area contributed by atoms with E-state index in [0.717, 1.165) is 10.6 Å². The number of nitrogens with zero attached hydrogens (tertiary/aromatic N) is 2. The Hall–Kier alpha value is -1.96. The highest BCUT2D eigenvalue weighted by molar-refractivity contribution is 7.13. The number of likely N-dealkylation sites (N-methyl/N-ethyl adjacent to an activating group) is 1. The lowest BCUT2D eigenvalue weighted by molar-refractivity contribution is -0.143. The van der Waals surface area contributed by atoms with Gasteiger partial charge in [0, 0.05) is 18.8 Å². The van der Waals surface area contributed by atoms with Gasteiger partial charge in [-0.1, -0.05) is 0 Å². The molecule has 1 aromatic rings. The minimum Gasteiger partial charge on any atom is -0.466 e. The zero-order valence-electron chi connectivity index (χ0n) is 11.9. The fraction of sp³-hybridized carbons (Fsp3) is 0.538. The number of ether oxygens (including phenoxy) is 1. The van der Waals surface area contributed by atoms with Crippen molar-refractivity contribution in [3.05, 3.63) is 11.1 Å². The van der Waals surface area contributed by atoms with Gasteiger partial charge in [0.25, 0.3) is 5.91 Å². The van der Waals surface area contributed by atoms with Gasteiger partial charge in [-0.2, -0.15) is 0 Å². The number of rotatable bonds is 6. The van der Waals surface area contributed by atoms with Gasteiger partial charge < -0.3 is 10.1 Å². The third-order valence-electron chi connectivity index (χ3n) is 3.12. The number of esters is 1. The van der Waals surface area contributed by atoms with Crippen LogP contribution in [0.25, 0.3) is 0 Å². The summed E-state index contributed by atoms with van der Waals surface area (Å²) >= 11 is 1.35. The van der Waals surface area contributed by atoms with Crippen LogP contribution in [0.5, 0.6) is 0 Å². The summed E-state index contributed by atoms with van der Waals surface area (Å²) in [6.07, 6.45) is 0.919. The quantitative estimate of drug-likeness (QED) is 0.618. The van der Waals surface area contributed by atoms with Crippen LogP contribution in [0, 0.1) is 0 Å². The van der Waals surface area contributed by atoms with Crippen LogP contribution in [0.1, 0.15) is 25.5 Å². The molecule has 0 spiro atoms. The molecule has 1 N–H and O–H groups in total. The van der Waals surface area contributed by atoms with Gasteiger partial charge in [-0.15, -0.1) is 11.3 Å². The Labute approximate surface area is 126 Å². The smallest absolute Gasteiger partial charge is 0.306 e. The molecular formula is C13H17N3O4S. The number of imide groups is 1. The summed E-state index contributed by atoms with van der Waals surface area (Å²) in [6.45, 7) is 2.13. The molecule has 1 fully saturated rings. The number of amides is 2. The zero-order valence-corrected chi connectivity index (χ0v) is 12.7. The van der Waals surface area contributed by atoms with Crippen molar-refractivity contribution in [2.24, 2.45) is 0 Å². The van der Waals surface area contributed by atoms with E-state index >= 15 is 0 Å². The Kier molecular flexibility index (Phi) is 4.89. The first-order valence-electron chi connectivity index (χ1n) is 6.68. The summed E-state index contributed by atoms with van der Waals surface area (Å²) in [5.41, 5.74) is 0.765. The SMILES string of the molecule is CCOC(=O)CCc1csc(NC2CC(=O)N(C)C2=O)n1. The first-order chi connectivity index (χ1) is 10.0. The number of aryl methyl sites for hydroxylation is 1. The number of nitrogens with one attached hydrogen (secondary N) is 1. The van der Waals surface area contributed by atoms with E-state index in [1.165, 1.54) is 18.4 Å². The number of carbonyl (C=O) groups is 3. The van der Waals surface area contributed by atoms with Crippen molar-refractivity contribution in [1.29, 1.82) is 0 Å². The first kappa shape index (κ1) is 15.4. The van der Waals surface area contributed by atoms with Crippen LogP contribution in [0.3, 0.4) is 0 Å². The average molecular weight is 311 g/mol. The Morgan fingerprint density at radius 2 is 2.33 bits per heavy atom. The van der Waals surface area contributed by atoms with Crippen LogP contribution < -0.4 is 5.32 Å². The number of aromatic nitrogens is 1. The molecule has 2 rings (SSSR count). The molecular weight excluding hydrogens is 294 g/mol. The Morgan fingerprint density at radius 1 is 1.57 bits per heavy atom. The van der Waals surface area contributed by atoms with Crippen LogP contribution >= 0.6 is 11.3 Å². The van der Waals surface area contributed by atoms with Gasteiger partial charge in [-0.3, -0.25) is 19.3 Å². The highest BCUT2D eigenvalue weighted by atomic mass is 32.1. The van der Waals surface area contributed by atoms with E-state index in [2.05, 4.69) is 10.3 Å². The maximum atomic E-state index is 11.8. The lowest BCUT2D eigenvalue weighted by Crippen LogP contribution is -2.31. The van der Waals surface area contributed by atoms with Crippen LogP contribution in [-0.2, 0) is 25.5 Å².